The highest BCUT2D eigenvalue weighted by Gasteiger charge is 2.31. The number of thiophene rings is 1. The van der Waals surface area contributed by atoms with Crippen LogP contribution < -0.4 is 5.32 Å². The lowest BCUT2D eigenvalue weighted by Crippen LogP contribution is -2.22. The molecule has 0 spiro atoms. The number of hydrogen-bond donors (Lipinski definition) is 1. The predicted octanol–water partition coefficient (Wildman–Crippen LogP) is 4.31. The topological polar surface area (TPSA) is 98.2 Å². The zero-order valence-electron chi connectivity index (χ0n) is 16.6. The predicted molar refractivity (Wildman–Crippen MR) is 117 cm³/mol. The highest BCUT2D eigenvalue weighted by atomic mass is 32.1. The third kappa shape index (κ3) is 2.83. The number of ketones is 2. The number of esters is 1. The van der Waals surface area contributed by atoms with Crippen LogP contribution in [0, 0.1) is 6.92 Å². The van der Waals surface area contributed by atoms with Gasteiger partial charge in [0.25, 0.3) is 0 Å². The van der Waals surface area contributed by atoms with E-state index < -0.39 is 5.97 Å². The van der Waals surface area contributed by atoms with Crippen molar-refractivity contribution in [3.05, 3.63) is 81.5 Å². The number of nitrogens with one attached hydrogen (secondary N) is 1. The number of benzene rings is 2. The number of hydrogen-bond acceptors (Lipinski definition) is 8. The van der Waals surface area contributed by atoms with Gasteiger partial charge < -0.3 is 10.1 Å². The normalized spacial score (nSPS) is 12.5. The van der Waals surface area contributed by atoms with Gasteiger partial charge in [-0.3, -0.25) is 9.59 Å². The van der Waals surface area contributed by atoms with Gasteiger partial charge in [-0.05, 0) is 18.6 Å². The van der Waals surface area contributed by atoms with Crippen molar-refractivity contribution < 1.29 is 19.1 Å². The van der Waals surface area contributed by atoms with Crippen molar-refractivity contribution in [3.8, 4) is 0 Å². The lowest BCUT2D eigenvalue weighted by molar-refractivity contribution is 0.0605. The first-order valence-electron chi connectivity index (χ1n) is 9.42. The minimum atomic E-state index is -0.444. The number of ether oxygens (including phenoxy) is 1. The van der Waals surface area contributed by atoms with Crippen LogP contribution in [0.1, 0.15) is 47.1 Å². The maximum absolute atomic E-state index is 13.2. The average molecular weight is 429 g/mol. The van der Waals surface area contributed by atoms with Crippen LogP contribution in [0.25, 0.3) is 10.2 Å². The molecule has 0 unspecified atom stereocenters. The van der Waals surface area contributed by atoms with Crippen LogP contribution in [0.5, 0.6) is 0 Å². The van der Waals surface area contributed by atoms with Crippen LogP contribution >= 0.6 is 11.3 Å². The molecule has 0 saturated carbocycles. The zero-order valence-corrected chi connectivity index (χ0v) is 17.4. The zero-order chi connectivity index (χ0) is 21.7. The number of rotatable bonds is 3. The molecule has 4 aromatic rings. The van der Waals surface area contributed by atoms with Crippen LogP contribution in [-0.2, 0) is 4.74 Å². The maximum atomic E-state index is 13.2. The molecule has 0 amide bonds. The molecule has 8 heteroatoms. The van der Waals surface area contributed by atoms with Gasteiger partial charge in [0.2, 0.25) is 0 Å². The van der Waals surface area contributed by atoms with E-state index in [4.69, 9.17) is 4.74 Å². The first-order chi connectivity index (χ1) is 15.0. The van der Waals surface area contributed by atoms with Gasteiger partial charge in [0, 0.05) is 16.7 Å². The van der Waals surface area contributed by atoms with E-state index in [1.807, 2.05) is 0 Å². The van der Waals surface area contributed by atoms with Gasteiger partial charge in [-0.15, -0.1) is 11.3 Å². The minimum absolute atomic E-state index is 0.193. The Kier molecular flexibility index (Phi) is 4.37. The first-order valence-corrected chi connectivity index (χ1v) is 10.2. The van der Waals surface area contributed by atoms with E-state index in [-0.39, 0.29) is 11.6 Å². The van der Waals surface area contributed by atoms with Gasteiger partial charge in [0.05, 0.1) is 23.7 Å². The molecular weight excluding hydrogens is 414 g/mol. The van der Waals surface area contributed by atoms with Crippen molar-refractivity contribution in [2.24, 2.45) is 0 Å². The number of anilines is 2. The summed E-state index contributed by atoms with van der Waals surface area (Å²) in [6.07, 6.45) is 1.39. The number of aromatic nitrogens is 2. The Balaban J connectivity index is 1.66. The molecule has 0 saturated heterocycles. The molecular formula is C23H15N3O4S. The van der Waals surface area contributed by atoms with Crippen LogP contribution in [0.3, 0.4) is 0 Å². The van der Waals surface area contributed by atoms with E-state index in [0.29, 0.717) is 54.4 Å². The number of methoxy groups -OCH3 is 1. The largest absolute Gasteiger partial charge is 0.465 e. The summed E-state index contributed by atoms with van der Waals surface area (Å²) in [5.74, 6) is -0.417. The summed E-state index contributed by atoms with van der Waals surface area (Å²) in [4.78, 5) is 48.0. The fourth-order valence-corrected chi connectivity index (χ4v) is 4.90. The fourth-order valence-electron chi connectivity index (χ4n) is 3.83. The Morgan fingerprint density at radius 1 is 0.968 bits per heavy atom. The number of carbonyl (C=O) groups excluding carboxylic acids is 3. The third-order valence-corrected chi connectivity index (χ3v) is 6.48. The monoisotopic (exact) mass is 429 g/mol. The summed E-state index contributed by atoms with van der Waals surface area (Å²) in [6.45, 7) is 1.80. The van der Waals surface area contributed by atoms with Crippen LogP contribution in [0.4, 0.5) is 11.5 Å². The van der Waals surface area contributed by atoms with Crippen molar-refractivity contribution in [2.45, 2.75) is 6.92 Å². The summed E-state index contributed by atoms with van der Waals surface area (Å²) >= 11 is 1.22. The van der Waals surface area contributed by atoms with E-state index in [2.05, 4.69) is 15.3 Å². The van der Waals surface area contributed by atoms with Crippen LogP contribution in [0.2, 0.25) is 0 Å². The molecule has 1 N–H and O–H groups in total. The molecule has 0 atom stereocenters. The fraction of sp³-hybridized carbons (Fsp3) is 0.0870. The van der Waals surface area contributed by atoms with Crippen molar-refractivity contribution in [1.82, 2.24) is 9.97 Å². The lowest BCUT2D eigenvalue weighted by atomic mass is 9.83. The molecule has 2 aromatic carbocycles. The summed E-state index contributed by atoms with van der Waals surface area (Å²) in [6, 6.07) is 11.9. The Morgan fingerprint density at radius 2 is 1.68 bits per heavy atom. The molecule has 0 radical (unpaired) electrons. The second kappa shape index (κ2) is 7.10. The Morgan fingerprint density at radius 3 is 2.42 bits per heavy atom. The van der Waals surface area contributed by atoms with E-state index in [1.165, 1.54) is 24.8 Å². The Labute approximate surface area is 180 Å². The molecule has 0 aliphatic heterocycles. The molecule has 0 fully saturated rings. The highest BCUT2D eigenvalue weighted by Crippen LogP contribution is 2.37. The van der Waals surface area contributed by atoms with Crippen molar-refractivity contribution in [3.63, 3.8) is 0 Å². The summed E-state index contributed by atoms with van der Waals surface area (Å²) < 4.78 is 4.86. The smallest absolute Gasteiger partial charge is 0.348 e. The Hall–Kier alpha value is -3.91. The molecule has 0 bridgehead atoms. The first kappa shape index (κ1) is 19.1. The number of nitrogens with zero attached hydrogens (tertiary/aromatic N) is 2. The summed E-state index contributed by atoms with van der Waals surface area (Å²) in [5, 5.41) is 3.87. The number of carbonyl (C=O) groups is 3. The quantitative estimate of drug-likeness (QED) is 0.427. The van der Waals surface area contributed by atoms with Crippen LogP contribution in [0.15, 0.2) is 48.8 Å². The second-order valence-corrected chi connectivity index (χ2v) is 8.01. The van der Waals surface area contributed by atoms with Gasteiger partial charge in [-0.25, -0.2) is 14.8 Å². The SMILES string of the molecule is COC(=O)c1sc2ncnc(Nc3cccc4c3C(=O)c3ccccc3C4=O)c2c1C. The molecule has 2 aromatic heterocycles. The summed E-state index contributed by atoms with van der Waals surface area (Å²) in [5.41, 5.74) is 2.58. The molecule has 31 heavy (non-hydrogen) atoms. The average Bonchev–Trinajstić information content (AvgIpc) is 3.14. The molecule has 2 heterocycles. The van der Waals surface area contributed by atoms with E-state index >= 15 is 0 Å². The third-order valence-electron chi connectivity index (χ3n) is 5.30. The molecule has 1 aliphatic rings. The maximum Gasteiger partial charge on any atom is 0.348 e. The van der Waals surface area contributed by atoms with E-state index in [0.717, 1.165) is 0 Å². The molecule has 1 aliphatic carbocycles. The van der Waals surface area contributed by atoms with Gasteiger partial charge in [-0.1, -0.05) is 36.4 Å². The number of fused-ring (bicyclic) bond motifs is 3. The van der Waals surface area contributed by atoms with Gasteiger partial charge in [-0.2, -0.15) is 0 Å². The van der Waals surface area contributed by atoms with Gasteiger partial charge >= 0.3 is 5.97 Å². The van der Waals surface area contributed by atoms with Crippen molar-refractivity contribution in [2.75, 3.05) is 12.4 Å². The molecule has 7 nitrogen and oxygen atoms in total. The minimum Gasteiger partial charge on any atom is -0.465 e. The second-order valence-electron chi connectivity index (χ2n) is 7.01. The van der Waals surface area contributed by atoms with Crippen molar-refractivity contribution in [1.29, 1.82) is 0 Å². The van der Waals surface area contributed by atoms with Gasteiger partial charge in [0.1, 0.15) is 21.9 Å². The van der Waals surface area contributed by atoms with Gasteiger partial charge in [0.15, 0.2) is 11.6 Å². The molecule has 152 valence electrons. The van der Waals surface area contributed by atoms with Crippen molar-refractivity contribution >= 4 is 50.6 Å². The summed E-state index contributed by atoms with van der Waals surface area (Å²) in [7, 11) is 1.33. The van der Waals surface area contributed by atoms with E-state index in [1.54, 1.807) is 49.4 Å². The van der Waals surface area contributed by atoms with Crippen LogP contribution in [-0.4, -0.2) is 34.6 Å². The van der Waals surface area contributed by atoms with E-state index in [9.17, 15) is 14.4 Å². The lowest BCUT2D eigenvalue weighted by Gasteiger charge is -2.20. The standard InChI is InChI=1S/C23H15N3O4S/c1-11-16-21(24-10-25-22(16)31-20(11)23(29)30-2)26-15-9-5-8-14-17(15)19(28)13-7-4-3-6-12(13)18(14)27/h3-10H,1-2H3,(H,24,25,26). The highest BCUT2D eigenvalue weighted by molar-refractivity contribution is 7.20. The molecule has 5 rings (SSSR count). The number of aryl methyl sites for hydroxylation is 1. The Bertz CT molecular complexity index is 1420.